The van der Waals surface area contributed by atoms with Crippen LogP contribution in [0.3, 0.4) is 0 Å². The zero-order chi connectivity index (χ0) is 17.2. The monoisotopic (exact) mass is 331 g/mol. The van der Waals surface area contributed by atoms with Gasteiger partial charge >= 0.3 is 0 Å². The van der Waals surface area contributed by atoms with Gasteiger partial charge in [-0.05, 0) is 29.3 Å². The van der Waals surface area contributed by atoms with Gasteiger partial charge in [-0.15, -0.1) is 0 Å². The Morgan fingerprint density at radius 1 is 1.12 bits per heavy atom. The van der Waals surface area contributed by atoms with Gasteiger partial charge in [0.2, 0.25) is 5.95 Å². The molecular weight excluding hydrogens is 314 g/mol. The van der Waals surface area contributed by atoms with E-state index in [1.165, 1.54) is 0 Å². The highest BCUT2D eigenvalue weighted by Crippen LogP contribution is 2.20. The molecule has 4 rings (SSSR count). The van der Waals surface area contributed by atoms with E-state index < -0.39 is 0 Å². The fourth-order valence-corrected chi connectivity index (χ4v) is 2.79. The molecule has 4 aromatic rings. The topological polar surface area (TPSA) is 75.6 Å². The van der Waals surface area contributed by atoms with Crippen LogP contribution in [0.4, 0.5) is 5.95 Å². The number of rotatable bonds is 4. The molecule has 0 radical (unpaired) electrons. The van der Waals surface area contributed by atoms with Crippen molar-refractivity contribution in [1.29, 1.82) is 0 Å². The van der Waals surface area contributed by atoms with Gasteiger partial charge in [0.1, 0.15) is 0 Å². The van der Waals surface area contributed by atoms with Crippen LogP contribution in [-0.4, -0.2) is 19.7 Å². The van der Waals surface area contributed by atoms with E-state index in [0.29, 0.717) is 23.4 Å². The van der Waals surface area contributed by atoms with Crippen molar-refractivity contribution in [2.45, 2.75) is 6.54 Å². The van der Waals surface area contributed by atoms with E-state index in [1.54, 1.807) is 10.7 Å². The normalized spacial score (nSPS) is 10.9. The largest absolute Gasteiger partial charge is 0.352 e. The third-order valence-electron chi connectivity index (χ3n) is 4.04. The standard InChI is InChI=1S/C19H17N5O/c1-24-12-15(11-21-24)14-6-4-5-13(9-14)10-20-19-22-17-8-3-2-7-16(17)18(25)23-19/h2-9,11-12H,10H2,1H3,(H2,20,22,23,25). The lowest BCUT2D eigenvalue weighted by molar-refractivity contribution is 0.768. The highest BCUT2D eigenvalue weighted by molar-refractivity contribution is 5.78. The molecule has 124 valence electrons. The Morgan fingerprint density at radius 2 is 2.00 bits per heavy atom. The summed E-state index contributed by atoms with van der Waals surface area (Å²) in [6.45, 7) is 0.565. The molecule has 0 spiro atoms. The Morgan fingerprint density at radius 3 is 2.84 bits per heavy atom. The fourth-order valence-electron chi connectivity index (χ4n) is 2.79. The summed E-state index contributed by atoms with van der Waals surface area (Å²) in [6, 6.07) is 15.5. The summed E-state index contributed by atoms with van der Waals surface area (Å²) < 4.78 is 1.78. The Bertz CT molecular complexity index is 1100. The van der Waals surface area contributed by atoms with E-state index in [2.05, 4.69) is 32.5 Å². The summed E-state index contributed by atoms with van der Waals surface area (Å²) >= 11 is 0. The molecule has 6 heteroatoms. The Kier molecular flexibility index (Phi) is 3.78. The maximum Gasteiger partial charge on any atom is 0.260 e. The number of aryl methyl sites for hydroxylation is 1. The molecule has 6 nitrogen and oxygen atoms in total. The van der Waals surface area contributed by atoms with E-state index in [-0.39, 0.29) is 5.56 Å². The number of nitrogens with one attached hydrogen (secondary N) is 2. The van der Waals surface area contributed by atoms with Crippen LogP contribution in [0.5, 0.6) is 0 Å². The first-order valence-corrected chi connectivity index (χ1v) is 8.00. The van der Waals surface area contributed by atoms with E-state index >= 15 is 0 Å². The molecule has 0 saturated heterocycles. The molecule has 0 aliphatic rings. The number of aromatic amines is 1. The molecule has 25 heavy (non-hydrogen) atoms. The third-order valence-corrected chi connectivity index (χ3v) is 4.04. The zero-order valence-corrected chi connectivity index (χ0v) is 13.7. The Hall–Kier alpha value is -3.41. The minimum atomic E-state index is -0.141. The van der Waals surface area contributed by atoms with Gasteiger partial charge < -0.3 is 5.32 Å². The molecule has 0 aliphatic carbocycles. The number of para-hydroxylation sites is 1. The molecular formula is C19H17N5O. The van der Waals surface area contributed by atoms with Gasteiger partial charge in [0.25, 0.3) is 5.56 Å². The molecule has 0 amide bonds. The number of nitrogens with zero attached hydrogens (tertiary/aromatic N) is 3. The molecule has 0 bridgehead atoms. The summed E-state index contributed by atoms with van der Waals surface area (Å²) in [4.78, 5) is 19.3. The lowest BCUT2D eigenvalue weighted by atomic mass is 10.1. The fraction of sp³-hybridized carbons (Fsp3) is 0.105. The van der Waals surface area contributed by atoms with Gasteiger partial charge in [0.15, 0.2) is 0 Å². The van der Waals surface area contributed by atoms with Crippen molar-refractivity contribution in [2.75, 3.05) is 5.32 Å². The molecule has 0 fully saturated rings. The Labute approximate surface area is 144 Å². The lowest BCUT2D eigenvalue weighted by Crippen LogP contribution is -2.13. The number of aromatic nitrogens is 4. The highest BCUT2D eigenvalue weighted by Gasteiger charge is 2.04. The number of hydrogen-bond acceptors (Lipinski definition) is 4. The maximum absolute atomic E-state index is 12.1. The molecule has 2 aromatic heterocycles. The summed E-state index contributed by atoms with van der Waals surface area (Å²) in [5.41, 5.74) is 3.81. The average Bonchev–Trinajstić information content (AvgIpc) is 3.07. The van der Waals surface area contributed by atoms with Gasteiger partial charge in [-0.1, -0.05) is 30.3 Å². The van der Waals surface area contributed by atoms with Crippen LogP contribution in [0.15, 0.2) is 65.7 Å². The summed E-state index contributed by atoms with van der Waals surface area (Å²) in [7, 11) is 1.90. The first kappa shape index (κ1) is 15.1. The minimum Gasteiger partial charge on any atom is -0.352 e. The Balaban J connectivity index is 1.56. The van der Waals surface area contributed by atoms with Crippen LogP contribution in [0.2, 0.25) is 0 Å². The second-order valence-corrected chi connectivity index (χ2v) is 5.89. The molecule has 2 heterocycles. The van der Waals surface area contributed by atoms with Crippen LogP contribution in [0.1, 0.15) is 5.56 Å². The van der Waals surface area contributed by atoms with Crippen molar-refractivity contribution in [3.63, 3.8) is 0 Å². The number of benzene rings is 2. The molecule has 2 aromatic carbocycles. The van der Waals surface area contributed by atoms with Gasteiger partial charge in [-0.3, -0.25) is 14.5 Å². The van der Waals surface area contributed by atoms with Crippen LogP contribution < -0.4 is 10.9 Å². The summed E-state index contributed by atoms with van der Waals surface area (Å²) in [6.07, 6.45) is 3.82. The van der Waals surface area contributed by atoms with Crippen molar-refractivity contribution in [2.24, 2.45) is 7.05 Å². The maximum atomic E-state index is 12.1. The summed E-state index contributed by atoms with van der Waals surface area (Å²) in [5, 5.41) is 7.99. The molecule has 0 saturated carbocycles. The lowest BCUT2D eigenvalue weighted by Gasteiger charge is -2.08. The van der Waals surface area contributed by atoms with Crippen molar-refractivity contribution in [3.05, 3.63) is 76.8 Å². The van der Waals surface area contributed by atoms with Gasteiger partial charge in [-0.2, -0.15) is 5.10 Å². The SMILES string of the molecule is Cn1cc(-c2cccc(CNc3nc4ccccc4c(=O)[nH]3)c2)cn1. The van der Waals surface area contributed by atoms with Crippen LogP contribution >= 0.6 is 0 Å². The van der Waals surface area contributed by atoms with Crippen molar-refractivity contribution in [1.82, 2.24) is 19.7 Å². The number of hydrogen-bond donors (Lipinski definition) is 2. The highest BCUT2D eigenvalue weighted by atomic mass is 16.1. The second-order valence-electron chi connectivity index (χ2n) is 5.89. The predicted molar refractivity (Wildman–Crippen MR) is 98.3 cm³/mol. The molecule has 0 aliphatic heterocycles. The third kappa shape index (κ3) is 3.14. The number of anilines is 1. The molecule has 2 N–H and O–H groups in total. The zero-order valence-electron chi connectivity index (χ0n) is 13.7. The van der Waals surface area contributed by atoms with Gasteiger partial charge in [0.05, 0.1) is 17.1 Å². The van der Waals surface area contributed by atoms with E-state index in [1.807, 2.05) is 49.8 Å². The van der Waals surface area contributed by atoms with Crippen molar-refractivity contribution < 1.29 is 0 Å². The van der Waals surface area contributed by atoms with Crippen molar-refractivity contribution >= 4 is 16.9 Å². The van der Waals surface area contributed by atoms with E-state index in [4.69, 9.17) is 0 Å². The quantitative estimate of drug-likeness (QED) is 0.603. The summed E-state index contributed by atoms with van der Waals surface area (Å²) in [5.74, 6) is 0.468. The van der Waals surface area contributed by atoms with E-state index in [9.17, 15) is 4.79 Å². The van der Waals surface area contributed by atoms with Crippen molar-refractivity contribution in [3.8, 4) is 11.1 Å². The van der Waals surface area contributed by atoms with Crippen LogP contribution in [0, 0.1) is 0 Å². The smallest absolute Gasteiger partial charge is 0.260 e. The van der Waals surface area contributed by atoms with Crippen LogP contribution in [0.25, 0.3) is 22.0 Å². The number of fused-ring (bicyclic) bond motifs is 1. The predicted octanol–water partition coefficient (Wildman–Crippen LogP) is 2.94. The van der Waals surface area contributed by atoms with E-state index in [0.717, 1.165) is 16.7 Å². The second kappa shape index (κ2) is 6.24. The first-order valence-electron chi connectivity index (χ1n) is 8.00. The average molecular weight is 331 g/mol. The molecule has 0 unspecified atom stereocenters. The molecule has 0 atom stereocenters. The van der Waals surface area contributed by atoms with Crippen LogP contribution in [-0.2, 0) is 13.6 Å². The van der Waals surface area contributed by atoms with Gasteiger partial charge in [0, 0.05) is 25.4 Å². The minimum absolute atomic E-state index is 0.141. The van der Waals surface area contributed by atoms with Gasteiger partial charge in [-0.25, -0.2) is 4.98 Å². The number of H-pyrrole nitrogens is 1. The first-order chi connectivity index (χ1) is 12.2.